The number of aliphatic hydroxyl groups is 1. The number of benzene rings is 1. The minimum atomic E-state index is -1.90. The number of Topliss-reactive ketones (excluding diaryl/α,β-unsaturated/α-hetero) is 3. The van der Waals surface area contributed by atoms with Crippen molar-refractivity contribution in [1.82, 2.24) is 0 Å². The van der Waals surface area contributed by atoms with Crippen molar-refractivity contribution in [3.63, 3.8) is 0 Å². The van der Waals surface area contributed by atoms with Gasteiger partial charge in [-0.3, -0.25) is 14.4 Å². The van der Waals surface area contributed by atoms with Crippen molar-refractivity contribution in [2.45, 2.75) is 113 Å². The zero-order valence-electron chi connectivity index (χ0n) is 27.6. The molecular weight excluding hydrogens is 536 g/mol. The normalized spacial score (nSPS) is 28.8. The highest BCUT2D eigenvalue weighted by molar-refractivity contribution is 6.36. The molecule has 2 bridgehead atoms. The standard InChI is InChI=1S/C38H50O5/c1-24(2)14-13-21-36(9,42)30-23-37-22-28(19-17-25(3)4)35(7,8)38(34(37)41,31(39)27-15-11-10-12-16-27)32(40)29(33(37)43-30)20-18-26(5)6/h10-12,14-18,28,30,42H,13,19-23H2,1-9H3/t28?,30-,36+,37?,38?/m0/s1. The summed E-state index contributed by atoms with van der Waals surface area (Å²) < 4.78 is 6.63. The minimum absolute atomic E-state index is 0.144. The summed E-state index contributed by atoms with van der Waals surface area (Å²) in [4.78, 5) is 45.1. The molecule has 1 heterocycles. The fraction of sp³-hybridized carbons (Fsp3) is 0.553. The molecule has 3 aliphatic rings. The zero-order chi connectivity index (χ0) is 32.0. The van der Waals surface area contributed by atoms with Crippen LogP contribution in [0.4, 0.5) is 0 Å². The Morgan fingerprint density at radius 2 is 1.56 bits per heavy atom. The van der Waals surface area contributed by atoms with E-state index >= 15 is 9.59 Å². The molecular formula is C38H50O5. The molecule has 1 N–H and O–H groups in total. The molecule has 0 amide bonds. The lowest BCUT2D eigenvalue weighted by Gasteiger charge is -2.58. The van der Waals surface area contributed by atoms with Crippen molar-refractivity contribution < 1.29 is 24.2 Å². The van der Waals surface area contributed by atoms with E-state index in [0.717, 1.165) is 11.1 Å². The summed E-state index contributed by atoms with van der Waals surface area (Å²) in [5.41, 5.74) is -1.13. The number of hydrogen-bond acceptors (Lipinski definition) is 5. The summed E-state index contributed by atoms with van der Waals surface area (Å²) in [6.45, 7) is 17.7. The number of ketones is 3. The van der Waals surface area contributed by atoms with Crippen LogP contribution in [0.2, 0.25) is 0 Å². The SMILES string of the molecule is CC(C)=CCC[C@@](C)(O)[C@@H]1CC23CC(CC=C(C)C)C(C)(C)C(C(=O)c4ccccc4)(C(=O)C(CC=C(C)C)=C2O1)C3=O. The highest BCUT2D eigenvalue weighted by atomic mass is 16.5. The van der Waals surface area contributed by atoms with Crippen molar-refractivity contribution in [1.29, 1.82) is 0 Å². The van der Waals surface area contributed by atoms with Crippen LogP contribution in [-0.2, 0) is 14.3 Å². The largest absolute Gasteiger partial charge is 0.490 e. The van der Waals surface area contributed by atoms with Crippen LogP contribution in [0.25, 0.3) is 0 Å². The maximum atomic E-state index is 15.2. The molecule has 4 rings (SSSR count). The monoisotopic (exact) mass is 586 g/mol. The van der Waals surface area contributed by atoms with Gasteiger partial charge in [0.05, 0.1) is 11.0 Å². The van der Waals surface area contributed by atoms with E-state index in [9.17, 15) is 9.90 Å². The number of fused-ring (bicyclic) bond motifs is 1. The van der Waals surface area contributed by atoms with E-state index in [1.807, 2.05) is 67.5 Å². The van der Waals surface area contributed by atoms with E-state index in [2.05, 4.69) is 12.2 Å². The molecule has 1 aliphatic heterocycles. The van der Waals surface area contributed by atoms with Gasteiger partial charge in [0.2, 0.25) is 0 Å². The second kappa shape index (κ2) is 11.8. The molecule has 232 valence electrons. The molecule has 1 saturated carbocycles. The fourth-order valence-electron chi connectivity index (χ4n) is 7.60. The predicted molar refractivity (Wildman–Crippen MR) is 171 cm³/mol. The Bertz CT molecular complexity index is 1410. The van der Waals surface area contributed by atoms with Crippen LogP contribution in [-0.4, -0.2) is 34.2 Å². The van der Waals surface area contributed by atoms with Gasteiger partial charge in [-0.25, -0.2) is 0 Å². The zero-order valence-corrected chi connectivity index (χ0v) is 27.6. The van der Waals surface area contributed by atoms with Crippen LogP contribution in [0.1, 0.15) is 111 Å². The van der Waals surface area contributed by atoms with Crippen LogP contribution >= 0.6 is 0 Å². The molecule has 1 aromatic rings. The number of carbonyl (C=O) groups is 3. The third-order valence-corrected chi connectivity index (χ3v) is 10.3. The fourth-order valence-corrected chi connectivity index (χ4v) is 7.60. The summed E-state index contributed by atoms with van der Waals surface area (Å²) in [5, 5.41) is 11.8. The summed E-state index contributed by atoms with van der Waals surface area (Å²) in [7, 11) is 0. The lowest BCUT2D eigenvalue weighted by molar-refractivity contribution is -0.162. The predicted octanol–water partition coefficient (Wildman–Crippen LogP) is 8.29. The van der Waals surface area contributed by atoms with Gasteiger partial charge >= 0.3 is 0 Å². The van der Waals surface area contributed by atoms with Gasteiger partial charge in [0, 0.05) is 17.6 Å². The Hall–Kier alpha value is -3.05. The summed E-state index contributed by atoms with van der Waals surface area (Å²) in [6.07, 6.45) is 8.28. The molecule has 2 fully saturated rings. The Morgan fingerprint density at radius 1 is 0.953 bits per heavy atom. The minimum Gasteiger partial charge on any atom is -0.490 e. The van der Waals surface area contributed by atoms with E-state index in [-0.39, 0.29) is 24.5 Å². The molecule has 1 aromatic carbocycles. The Balaban J connectivity index is 1.99. The Labute approximate surface area is 258 Å². The Kier molecular flexibility index (Phi) is 9.02. The maximum absolute atomic E-state index is 15.2. The summed E-state index contributed by atoms with van der Waals surface area (Å²) in [6, 6.07) is 8.79. The van der Waals surface area contributed by atoms with E-state index < -0.39 is 39.5 Å². The van der Waals surface area contributed by atoms with Gasteiger partial charge in [-0.15, -0.1) is 0 Å². The van der Waals surface area contributed by atoms with E-state index in [1.54, 1.807) is 31.2 Å². The van der Waals surface area contributed by atoms with Crippen LogP contribution in [0, 0.1) is 22.2 Å². The van der Waals surface area contributed by atoms with Crippen LogP contribution < -0.4 is 0 Å². The molecule has 5 heteroatoms. The number of ether oxygens (including phenoxy) is 1. The first-order valence-electron chi connectivity index (χ1n) is 15.7. The smallest absolute Gasteiger partial charge is 0.184 e. The molecule has 0 aromatic heterocycles. The van der Waals surface area contributed by atoms with Crippen molar-refractivity contribution in [2.24, 2.45) is 22.2 Å². The van der Waals surface area contributed by atoms with Crippen LogP contribution in [0.5, 0.6) is 0 Å². The maximum Gasteiger partial charge on any atom is 0.184 e. The average Bonchev–Trinajstić information content (AvgIpc) is 3.31. The number of carbonyl (C=O) groups excluding carboxylic acids is 3. The number of hydrogen-bond donors (Lipinski definition) is 1. The Morgan fingerprint density at radius 3 is 2.14 bits per heavy atom. The lowest BCUT2D eigenvalue weighted by atomic mass is 9.39. The average molecular weight is 587 g/mol. The van der Waals surface area contributed by atoms with Gasteiger partial charge in [0.15, 0.2) is 22.8 Å². The molecule has 2 aliphatic carbocycles. The van der Waals surface area contributed by atoms with Crippen molar-refractivity contribution >= 4 is 17.3 Å². The first kappa shape index (κ1) is 32.9. The molecule has 3 unspecified atom stereocenters. The summed E-state index contributed by atoms with van der Waals surface area (Å²) >= 11 is 0. The van der Waals surface area contributed by atoms with Gasteiger partial charge in [-0.05, 0) is 91.9 Å². The molecule has 1 spiro atoms. The van der Waals surface area contributed by atoms with Crippen LogP contribution in [0.3, 0.4) is 0 Å². The van der Waals surface area contributed by atoms with E-state index in [0.29, 0.717) is 42.6 Å². The first-order valence-corrected chi connectivity index (χ1v) is 15.7. The second-order valence-electron chi connectivity index (χ2n) is 14.6. The molecule has 5 nitrogen and oxygen atoms in total. The quantitative estimate of drug-likeness (QED) is 0.169. The third kappa shape index (κ3) is 5.43. The van der Waals surface area contributed by atoms with E-state index in [1.165, 1.54) is 5.57 Å². The third-order valence-electron chi connectivity index (χ3n) is 10.3. The number of rotatable bonds is 10. The molecule has 0 radical (unpaired) electrons. The van der Waals surface area contributed by atoms with Gasteiger partial charge in [-0.2, -0.15) is 0 Å². The topological polar surface area (TPSA) is 80.7 Å². The summed E-state index contributed by atoms with van der Waals surface area (Å²) in [5.74, 6) is -0.972. The molecule has 1 saturated heterocycles. The first-order chi connectivity index (χ1) is 20.0. The molecule has 43 heavy (non-hydrogen) atoms. The lowest BCUT2D eigenvalue weighted by Crippen LogP contribution is -2.69. The van der Waals surface area contributed by atoms with Gasteiger partial charge in [-0.1, -0.05) is 79.1 Å². The number of allylic oxidation sites excluding steroid dienone is 8. The van der Waals surface area contributed by atoms with Gasteiger partial charge in [0.1, 0.15) is 11.9 Å². The van der Waals surface area contributed by atoms with Crippen molar-refractivity contribution in [3.05, 3.63) is 82.2 Å². The van der Waals surface area contributed by atoms with E-state index in [4.69, 9.17) is 4.74 Å². The van der Waals surface area contributed by atoms with Crippen LogP contribution in [0.15, 0.2) is 76.6 Å². The van der Waals surface area contributed by atoms with Crippen molar-refractivity contribution in [2.75, 3.05) is 0 Å². The van der Waals surface area contributed by atoms with Gasteiger partial charge in [0.25, 0.3) is 0 Å². The highest BCUT2D eigenvalue weighted by Gasteiger charge is 2.77. The van der Waals surface area contributed by atoms with Gasteiger partial charge < -0.3 is 9.84 Å². The van der Waals surface area contributed by atoms with Crippen molar-refractivity contribution in [3.8, 4) is 0 Å². The second-order valence-corrected chi connectivity index (χ2v) is 14.6. The highest BCUT2D eigenvalue weighted by Crippen LogP contribution is 2.69. The molecule has 5 atom stereocenters.